The Morgan fingerprint density at radius 1 is 1.47 bits per heavy atom. The summed E-state index contributed by atoms with van der Waals surface area (Å²) in [6.45, 7) is 1.59. The fourth-order valence-corrected chi connectivity index (χ4v) is 2.17. The van der Waals surface area contributed by atoms with Gasteiger partial charge in [-0.3, -0.25) is 5.43 Å². The highest BCUT2D eigenvalue weighted by molar-refractivity contribution is 9.10. The molecule has 0 bridgehead atoms. The zero-order chi connectivity index (χ0) is 13.5. The summed E-state index contributed by atoms with van der Waals surface area (Å²) >= 11 is 8.51. The van der Waals surface area contributed by atoms with Crippen LogP contribution in [0.2, 0.25) is 0 Å². The van der Waals surface area contributed by atoms with Crippen LogP contribution in [0.15, 0.2) is 33.8 Å². The largest absolute Gasteiger partial charge is 0.376 e. The Morgan fingerprint density at radius 3 is 2.95 bits per heavy atom. The van der Waals surface area contributed by atoms with E-state index in [1.807, 2.05) is 24.3 Å². The molecule has 0 unspecified atom stereocenters. The molecule has 1 aliphatic heterocycles. The van der Waals surface area contributed by atoms with Gasteiger partial charge in [-0.1, -0.05) is 28.1 Å². The van der Waals surface area contributed by atoms with E-state index in [4.69, 9.17) is 17.0 Å². The summed E-state index contributed by atoms with van der Waals surface area (Å²) in [6.07, 6.45) is 4.23. The number of halogens is 1. The van der Waals surface area contributed by atoms with Crippen LogP contribution in [0, 0.1) is 0 Å². The van der Waals surface area contributed by atoms with E-state index in [1.165, 1.54) is 0 Å². The quantitative estimate of drug-likeness (QED) is 0.501. The molecule has 1 aliphatic rings. The number of benzene rings is 1. The van der Waals surface area contributed by atoms with Gasteiger partial charge in [-0.15, -0.1) is 0 Å². The van der Waals surface area contributed by atoms with Crippen molar-refractivity contribution in [3.8, 4) is 0 Å². The minimum atomic E-state index is 0.273. The third-order valence-electron chi connectivity index (χ3n) is 2.76. The highest BCUT2D eigenvalue weighted by Gasteiger charge is 2.14. The Balaban J connectivity index is 1.69. The molecule has 2 N–H and O–H groups in total. The molecule has 19 heavy (non-hydrogen) atoms. The number of thiocarbonyl (C=S) groups is 1. The molecule has 6 heteroatoms. The first-order valence-corrected chi connectivity index (χ1v) is 7.38. The van der Waals surface area contributed by atoms with E-state index in [0.717, 1.165) is 36.0 Å². The van der Waals surface area contributed by atoms with Crippen LogP contribution in [-0.2, 0) is 4.74 Å². The van der Waals surface area contributed by atoms with Crippen LogP contribution in [-0.4, -0.2) is 30.6 Å². The van der Waals surface area contributed by atoms with Gasteiger partial charge < -0.3 is 10.1 Å². The molecular weight excluding hydrogens is 326 g/mol. The van der Waals surface area contributed by atoms with E-state index >= 15 is 0 Å². The van der Waals surface area contributed by atoms with E-state index in [0.29, 0.717) is 5.11 Å². The van der Waals surface area contributed by atoms with Crippen LogP contribution in [0.1, 0.15) is 18.4 Å². The zero-order valence-electron chi connectivity index (χ0n) is 10.4. The summed E-state index contributed by atoms with van der Waals surface area (Å²) < 4.78 is 6.54. The Morgan fingerprint density at radius 2 is 2.26 bits per heavy atom. The van der Waals surface area contributed by atoms with Crippen molar-refractivity contribution in [2.45, 2.75) is 18.9 Å². The molecule has 0 aromatic heterocycles. The second-order valence-electron chi connectivity index (χ2n) is 4.27. The Bertz CT molecular complexity index is 444. The van der Waals surface area contributed by atoms with Crippen molar-refractivity contribution in [2.75, 3.05) is 13.2 Å². The van der Waals surface area contributed by atoms with Gasteiger partial charge in [0.2, 0.25) is 0 Å². The molecular formula is C13H16BrN3OS. The van der Waals surface area contributed by atoms with Crippen molar-refractivity contribution in [3.63, 3.8) is 0 Å². The predicted molar refractivity (Wildman–Crippen MR) is 84.4 cm³/mol. The monoisotopic (exact) mass is 341 g/mol. The lowest BCUT2D eigenvalue weighted by atomic mass is 10.2. The first kappa shape index (κ1) is 14.4. The molecule has 1 heterocycles. The van der Waals surface area contributed by atoms with Crippen LogP contribution in [0.3, 0.4) is 0 Å². The standard InChI is InChI=1S/C13H16BrN3OS/c14-11-5-3-10(4-6-11)8-16-17-13(19)15-9-12-2-1-7-18-12/h3-6,8,12H,1-2,7,9H2,(H2,15,17,19)/b16-8-/t12-/m0/s1. The van der Waals surface area contributed by atoms with E-state index in [-0.39, 0.29) is 6.10 Å². The lowest BCUT2D eigenvalue weighted by Gasteiger charge is -2.11. The van der Waals surface area contributed by atoms with Crippen LogP contribution in [0.25, 0.3) is 0 Å². The van der Waals surface area contributed by atoms with Crippen LogP contribution in [0.5, 0.6) is 0 Å². The summed E-state index contributed by atoms with van der Waals surface area (Å²) in [5, 5.41) is 7.69. The molecule has 1 saturated heterocycles. The molecule has 4 nitrogen and oxygen atoms in total. The molecule has 1 aromatic carbocycles. The first-order valence-electron chi connectivity index (χ1n) is 6.18. The summed E-state index contributed by atoms with van der Waals surface area (Å²) in [5.74, 6) is 0. The van der Waals surface area contributed by atoms with Gasteiger partial charge in [0.05, 0.1) is 12.3 Å². The van der Waals surface area contributed by atoms with Crippen molar-refractivity contribution in [2.24, 2.45) is 5.10 Å². The maximum atomic E-state index is 5.50. The number of nitrogens with one attached hydrogen (secondary N) is 2. The maximum absolute atomic E-state index is 5.50. The minimum Gasteiger partial charge on any atom is -0.376 e. The van der Waals surface area contributed by atoms with E-state index in [2.05, 4.69) is 31.8 Å². The topological polar surface area (TPSA) is 45.6 Å². The van der Waals surface area contributed by atoms with Gasteiger partial charge >= 0.3 is 0 Å². The van der Waals surface area contributed by atoms with Crippen LogP contribution in [0.4, 0.5) is 0 Å². The highest BCUT2D eigenvalue weighted by Crippen LogP contribution is 2.10. The summed E-state index contributed by atoms with van der Waals surface area (Å²) in [6, 6.07) is 7.88. The Hall–Kier alpha value is -0.980. The fourth-order valence-electron chi connectivity index (χ4n) is 1.77. The van der Waals surface area contributed by atoms with Crippen molar-refractivity contribution in [1.29, 1.82) is 0 Å². The predicted octanol–water partition coefficient (Wildman–Crippen LogP) is 2.43. The zero-order valence-corrected chi connectivity index (χ0v) is 12.8. The van der Waals surface area contributed by atoms with Gasteiger partial charge in [0.25, 0.3) is 0 Å². The van der Waals surface area contributed by atoms with Gasteiger partial charge in [-0.2, -0.15) is 5.10 Å². The van der Waals surface area contributed by atoms with Crippen molar-refractivity contribution in [1.82, 2.24) is 10.7 Å². The van der Waals surface area contributed by atoms with Crippen molar-refractivity contribution < 1.29 is 4.74 Å². The number of hydrazone groups is 1. The molecule has 102 valence electrons. The number of hydrogen-bond donors (Lipinski definition) is 2. The molecule has 1 fully saturated rings. The normalized spacial score (nSPS) is 18.7. The van der Waals surface area contributed by atoms with Crippen LogP contribution >= 0.6 is 28.1 Å². The fraction of sp³-hybridized carbons (Fsp3) is 0.385. The first-order chi connectivity index (χ1) is 9.24. The molecule has 0 saturated carbocycles. The van der Waals surface area contributed by atoms with Crippen molar-refractivity contribution >= 4 is 39.5 Å². The molecule has 2 rings (SSSR count). The number of ether oxygens (including phenoxy) is 1. The molecule has 0 aliphatic carbocycles. The SMILES string of the molecule is S=C(NC[C@@H]1CCCO1)N/N=C\c1ccc(Br)cc1. The Kier molecular flexibility index (Phi) is 5.75. The maximum Gasteiger partial charge on any atom is 0.187 e. The highest BCUT2D eigenvalue weighted by atomic mass is 79.9. The Labute approximate surface area is 126 Å². The second-order valence-corrected chi connectivity index (χ2v) is 5.59. The average molecular weight is 342 g/mol. The number of nitrogens with zero attached hydrogens (tertiary/aromatic N) is 1. The van der Waals surface area contributed by atoms with Gasteiger partial charge in [0.15, 0.2) is 5.11 Å². The van der Waals surface area contributed by atoms with Crippen LogP contribution < -0.4 is 10.7 Å². The number of rotatable bonds is 4. The lowest BCUT2D eigenvalue weighted by molar-refractivity contribution is 0.114. The van der Waals surface area contributed by atoms with E-state index < -0.39 is 0 Å². The molecule has 0 amide bonds. The summed E-state index contributed by atoms with van der Waals surface area (Å²) in [4.78, 5) is 0. The molecule has 1 aromatic rings. The van der Waals surface area contributed by atoms with Gasteiger partial charge in [0, 0.05) is 17.6 Å². The molecule has 1 atom stereocenters. The van der Waals surface area contributed by atoms with E-state index in [1.54, 1.807) is 6.21 Å². The average Bonchev–Trinajstić information content (AvgIpc) is 2.92. The number of hydrogen-bond acceptors (Lipinski definition) is 3. The second kappa shape index (κ2) is 7.57. The minimum absolute atomic E-state index is 0.273. The molecule has 0 radical (unpaired) electrons. The molecule has 0 spiro atoms. The lowest BCUT2D eigenvalue weighted by Crippen LogP contribution is -2.37. The van der Waals surface area contributed by atoms with Crippen molar-refractivity contribution in [3.05, 3.63) is 34.3 Å². The van der Waals surface area contributed by atoms with Gasteiger partial charge in [-0.25, -0.2) is 0 Å². The summed E-state index contributed by atoms with van der Waals surface area (Å²) in [5.41, 5.74) is 3.80. The van der Waals surface area contributed by atoms with E-state index in [9.17, 15) is 0 Å². The third kappa shape index (κ3) is 5.26. The smallest absolute Gasteiger partial charge is 0.187 e. The van der Waals surface area contributed by atoms with Gasteiger partial charge in [-0.05, 0) is 42.8 Å². The third-order valence-corrected chi connectivity index (χ3v) is 3.53. The summed E-state index contributed by atoms with van der Waals surface area (Å²) in [7, 11) is 0. The van der Waals surface area contributed by atoms with Gasteiger partial charge in [0.1, 0.15) is 0 Å².